The van der Waals surface area contributed by atoms with Crippen molar-refractivity contribution in [2.45, 2.75) is 39.8 Å². The van der Waals surface area contributed by atoms with Gasteiger partial charge in [0.15, 0.2) is 0 Å². The van der Waals surface area contributed by atoms with Crippen LogP contribution in [0.2, 0.25) is 0 Å². The van der Waals surface area contributed by atoms with Crippen molar-refractivity contribution in [3.8, 4) is 0 Å². The zero-order chi connectivity index (χ0) is 26.9. The molecule has 2 atom stereocenters. The molecule has 37 heavy (non-hydrogen) atoms. The Morgan fingerprint density at radius 2 is 0.946 bits per heavy atom. The number of aliphatic imine (C=N–C) groups is 2. The number of aromatic nitrogens is 2. The maximum absolute atomic E-state index is 4.76. The summed E-state index contributed by atoms with van der Waals surface area (Å²) in [5.41, 5.74) is 6.29. The number of nitrogens with zero attached hydrogens (tertiary/aromatic N) is 4. The van der Waals surface area contributed by atoms with Gasteiger partial charge in [-0.05, 0) is 63.1 Å². The Labute approximate surface area is 235 Å². The molecule has 0 bridgehead atoms. The average molecular weight is 575 g/mol. The van der Waals surface area contributed by atoms with Crippen LogP contribution in [0, 0.1) is 13.8 Å². The van der Waals surface area contributed by atoms with E-state index in [1.54, 1.807) is 0 Å². The van der Waals surface area contributed by atoms with E-state index in [9.17, 15) is 0 Å². The zero-order valence-corrected chi connectivity index (χ0v) is 24.1. The minimum absolute atomic E-state index is 0.165. The molecule has 0 fully saturated rings. The second kappa shape index (κ2) is 17.6. The Bertz CT molecular complexity index is 1140. The van der Waals surface area contributed by atoms with Gasteiger partial charge in [0.25, 0.3) is 0 Å². The molecule has 4 rings (SSSR count). The van der Waals surface area contributed by atoms with E-state index < -0.39 is 0 Å². The van der Waals surface area contributed by atoms with E-state index >= 15 is 0 Å². The molecule has 194 valence electrons. The molecule has 0 unspecified atom stereocenters. The summed E-state index contributed by atoms with van der Waals surface area (Å²) < 4.78 is 0. The fraction of sp³-hybridized carbons (Fsp3) is 0.200. The molecule has 0 radical (unpaired) electrons. The monoisotopic (exact) mass is 574 g/mol. The van der Waals surface area contributed by atoms with Crippen LogP contribution in [0.4, 0.5) is 0 Å². The topological polar surface area (TPSA) is 50.5 Å². The molecule has 2 aromatic carbocycles. The van der Waals surface area contributed by atoms with Gasteiger partial charge in [0.2, 0.25) is 0 Å². The van der Waals surface area contributed by atoms with Gasteiger partial charge in [0.05, 0.1) is 23.5 Å². The SMILES string of the molecule is Cc1cccc(C=N[C@@H](C)c2ccccc2)n1.Cc1cccc(C=N[C@@H](C)c2ccccc2)n1.[Cl][Fe][Cl]. The summed E-state index contributed by atoms with van der Waals surface area (Å²) in [4.78, 5) is 17.8. The van der Waals surface area contributed by atoms with Crippen molar-refractivity contribution in [3.05, 3.63) is 131 Å². The van der Waals surface area contributed by atoms with Crippen LogP contribution >= 0.6 is 20.2 Å². The number of benzene rings is 2. The molecular weight excluding hydrogens is 543 g/mol. The molecule has 0 aliphatic rings. The van der Waals surface area contributed by atoms with E-state index in [2.05, 4.69) is 58.1 Å². The summed E-state index contributed by atoms with van der Waals surface area (Å²) in [6.45, 7) is 8.14. The number of pyridine rings is 2. The first-order valence-electron chi connectivity index (χ1n) is 11.8. The van der Waals surface area contributed by atoms with Crippen LogP contribution in [0.5, 0.6) is 0 Å². The number of hydrogen-bond donors (Lipinski definition) is 0. The quantitative estimate of drug-likeness (QED) is 0.171. The molecule has 2 aromatic heterocycles. The second-order valence-corrected chi connectivity index (χ2v) is 10.0. The number of aryl methyl sites for hydroxylation is 2. The van der Waals surface area contributed by atoms with E-state index in [1.807, 2.05) is 99.1 Å². The fourth-order valence-corrected chi connectivity index (χ4v) is 3.28. The van der Waals surface area contributed by atoms with Crippen molar-refractivity contribution in [2.75, 3.05) is 0 Å². The number of rotatable bonds is 6. The van der Waals surface area contributed by atoms with Gasteiger partial charge >= 0.3 is 33.3 Å². The maximum atomic E-state index is 4.76. The van der Waals surface area contributed by atoms with Crippen molar-refractivity contribution in [1.29, 1.82) is 0 Å². The van der Waals surface area contributed by atoms with E-state index in [4.69, 9.17) is 20.2 Å². The van der Waals surface area contributed by atoms with Crippen LogP contribution in [0.25, 0.3) is 0 Å². The third-order valence-corrected chi connectivity index (χ3v) is 5.24. The molecular formula is C30H32Cl2FeN4. The molecule has 0 saturated carbocycles. The predicted octanol–water partition coefficient (Wildman–Crippen LogP) is 8.52. The van der Waals surface area contributed by atoms with Gasteiger partial charge < -0.3 is 0 Å². The van der Waals surface area contributed by atoms with Crippen molar-refractivity contribution in [2.24, 2.45) is 9.98 Å². The van der Waals surface area contributed by atoms with E-state index in [1.165, 1.54) is 11.1 Å². The summed E-state index contributed by atoms with van der Waals surface area (Å²) in [5.74, 6) is 0. The molecule has 4 aromatic rings. The first kappa shape index (κ1) is 30.4. The second-order valence-electron chi connectivity index (χ2n) is 8.19. The van der Waals surface area contributed by atoms with E-state index in [0.717, 1.165) is 22.8 Å². The summed E-state index contributed by atoms with van der Waals surface area (Å²) in [7, 11) is 9.53. The Morgan fingerprint density at radius 3 is 1.27 bits per heavy atom. The molecule has 0 aliphatic carbocycles. The first-order chi connectivity index (χ1) is 17.9. The van der Waals surface area contributed by atoms with Crippen LogP contribution in [0.1, 0.15) is 59.8 Å². The van der Waals surface area contributed by atoms with Gasteiger partial charge in [-0.2, -0.15) is 0 Å². The van der Waals surface area contributed by atoms with Crippen molar-refractivity contribution in [3.63, 3.8) is 0 Å². The Kier molecular flexibility index (Phi) is 14.5. The summed E-state index contributed by atoms with van der Waals surface area (Å²) in [6, 6.07) is 32.7. The van der Waals surface area contributed by atoms with Crippen LogP contribution in [-0.4, -0.2) is 22.4 Å². The fourth-order valence-electron chi connectivity index (χ4n) is 3.28. The van der Waals surface area contributed by atoms with Gasteiger partial charge in [-0.3, -0.25) is 20.0 Å². The first-order valence-corrected chi connectivity index (χ1v) is 14.9. The molecule has 7 heteroatoms. The molecule has 0 aliphatic heterocycles. The summed E-state index contributed by atoms with van der Waals surface area (Å²) in [6.07, 6.45) is 3.68. The third kappa shape index (κ3) is 12.3. The van der Waals surface area contributed by atoms with Gasteiger partial charge in [-0.15, -0.1) is 0 Å². The minimum atomic E-state index is 0.165. The Hall–Kier alpha value is -2.82. The van der Waals surface area contributed by atoms with Crippen LogP contribution < -0.4 is 0 Å². The number of hydrogen-bond acceptors (Lipinski definition) is 4. The molecule has 0 N–H and O–H groups in total. The molecule has 0 saturated heterocycles. The van der Waals surface area contributed by atoms with Gasteiger partial charge in [0.1, 0.15) is 0 Å². The summed E-state index contributed by atoms with van der Waals surface area (Å²) in [5, 5.41) is 0. The predicted molar refractivity (Wildman–Crippen MR) is 155 cm³/mol. The van der Waals surface area contributed by atoms with Crippen molar-refractivity contribution >= 4 is 32.6 Å². The van der Waals surface area contributed by atoms with Crippen molar-refractivity contribution in [1.82, 2.24) is 9.97 Å². The van der Waals surface area contributed by atoms with Crippen LogP contribution in [0.15, 0.2) is 107 Å². The molecule has 0 amide bonds. The Morgan fingerprint density at radius 1 is 0.595 bits per heavy atom. The average Bonchev–Trinajstić information content (AvgIpc) is 2.92. The number of halogens is 2. The van der Waals surface area contributed by atoms with Gasteiger partial charge in [-0.1, -0.05) is 72.8 Å². The standard InChI is InChI=1S/2C15H16N2.2ClH.Fe/c2*1-12-7-6-10-15(17-12)11-16-13(2)14-8-4-3-5-9-14;;;/h2*3-11,13H,1-2H3;2*1H;/q;;;;+2/p-2/t2*13-;;;/m00.../s1. The normalized spacial score (nSPS) is 12.4. The Balaban J connectivity index is 0.000000235. The van der Waals surface area contributed by atoms with Crippen molar-refractivity contribution < 1.29 is 13.1 Å². The van der Waals surface area contributed by atoms with Gasteiger partial charge in [-0.25, -0.2) is 0 Å². The van der Waals surface area contributed by atoms with E-state index in [-0.39, 0.29) is 25.2 Å². The molecule has 0 spiro atoms. The van der Waals surface area contributed by atoms with Crippen LogP contribution in [0.3, 0.4) is 0 Å². The third-order valence-electron chi connectivity index (χ3n) is 5.24. The van der Waals surface area contributed by atoms with Gasteiger partial charge in [0, 0.05) is 23.8 Å². The zero-order valence-electron chi connectivity index (χ0n) is 21.4. The molecule has 2 heterocycles. The summed E-state index contributed by atoms with van der Waals surface area (Å²) >= 11 is 0.194. The van der Waals surface area contributed by atoms with E-state index in [0.29, 0.717) is 0 Å². The molecule has 4 nitrogen and oxygen atoms in total. The van der Waals surface area contributed by atoms with Crippen LogP contribution in [-0.2, 0) is 13.1 Å².